The van der Waals surface area contributed by atoms with E-state index in [0.717, 1.165) is 32.4 Å². The first kappa shape index (κ1) is 29.2. The standard InChI is InChI=1S/C14H26NO3.3C4H9.Sn/c1-4-6-7-12(16)11-10-15(3)9-8-13(11)18-14(17)5-2;3*1-3-4-2;/h11-13,16H,1,4-10H2,2-3H3;3*1,3-4H2,2H3;. The third-order valence-corrected chi connectivity index (χ3v) is 23.6. The summed E-state index contributed by atoms with van der Waals surface area (Å²) in [5.74, 6) is -0.0730. The molecule has 4 nitrogen and oxygen atoms in total. The molecule has 3 unspecified atom stereocenters. The summed E-state index contributed by atoms with van der Waals surface area (Å²) < 4.78 is 12.0. The van der Waals surface area contributed by atoms with Crippen molar-refractivity contribution in [2.24, 2.45) is 5.92 Å². The molecule has 1 aliphatic heterocycles. The van der Waals surface area contributed by atoms with Crippen LogP contribution in [0.1, 0.15) is 98.3 Å². The van der Waals surface area contributed by atoms with E-state index in [1.807, 2.05) is 6.92 Å². The molecule has 3 atom stereocenters. The zero-order valence-corrected chi connectivity index (χ0v) is 24.3. The van der Waals surface area contributed by atoms with E-state index in [0.29, 0.717) is 6.42 Å². The van der Waals surface area contributed by atoms with Gasteiger partial charge in [0.05, 0.1) is 0 Å². The quantitative estimate of drug-likeness (QED) is 0.126. The summed E-state index contributed by atoms with van der Waals surface area (Å²) in [4.78, 5) is 14.1. The zero-order valence-electron chi connectivity index (χ0n) is 21.5. The number of hydrogen-bond acceptors (Lipinski definition) is 4. The zero-order chi connectivity index (χ0) is 23.1. The Morgan fingerprint density at radius 3 is 2.03 bits per heavy atom. The minimum absolute atomic E-state index is 0.0581. The summed E-state index contributed by atoms with van der Waals surface area (Å²) in [5, 5.41) is 11.0. The van der Waals surface area contributed by atoms with Gasteiger partial charge >= 0.3 is 198 Å². The number of carbonyl (C=O) groups is 1. The van der Waals surface area contributed by atoms with Gasteiger partial charge in [-0.25, -0.2) is 0 Å². The van der Waals surface area contributed by atoms with Crippen LogP contribution >= 0.6 is 0 Å². The second kappa shape index (κ2) is 16.7. The van der Waals surface area contributed by atoms with Crippen molar-refractivity contribution >= 4 is 24.3 Å². The third kappa shape index (κ3) is 11.2. The SMILES string of the molecule is CCC[CH2][Sn]([CH2]CCC)([CH2]CCC)[CH2]CCCC(O)C1CN(C)CCC1OC(=O)CC. The van der Waals surface area contributed by atoms with Crippen LogP contribution < -0.4 is 0 Å². The fourth-order valence-corrected chi connectivity index (χ4v) is 22.0. The maximum atomic E-state index is 11.8. The summed E-state index contributed by atoms with van der Waals surface area (Å²) in [7, 11) is 2.11. The van der Waals surface area contributed by atoms with E-state index in [4.69, 9.17) is 4.74 Å². The predicted molar refractivity (Wildman–Crippen MR) is 135 cm³/mol. The number of carbonyl (C=O) groups excluding carboxylic acids is 1. The average molecular weight is 546 g/mol. The molecule has 0 aliphatic carbocycles. The van der Waals surface area contributed by atoms with Gasteiger partial charge in [-0.2, -0.15) is 0 Å². The molecule has 0 bridgehead atoms. The Labute approximate surface area is 197 Å². The van der Waals surface area contributed by atoms with Crippen LogP contribution in [-0.4, -0.2) is 66.7 Å². The van der Waals surface area contributed by atoms with Crippen molar-refractivity contribution in [3.05, 3.63) is 0 Å². The second-order valence-corrected chi connectivity index (χ2v) is 24.5. The van der Waals surface area contributed by atoms with Crippen LogP contribution in [0.4, 0.5) is 0 Å². The van der Waals surface area contributed by atoms with Crippen molar-refractivity contribution < 1.29 is 14.6 Å². The fourth-order valence-electron chi connectivity index (χ4n) is 5.37. The minimum atomic E-state index is -2.05. The molecule has 0 amide bonds. The molecule has 1 saturated heterocycles. The number of aliphatic hydroxyl groups excluding tert-OH is 1. The monoisotopic (exact) mass is 547 g/mol. The Hall–Kier alpha value is 0.189. The van der Waals surface area contributed by atoms with Crippen LogP contribution in [0.2, 0.25) is 17.7 Å². The topological polar surface area (TPSA) is 49.8 Å². The molecule has 31 heavy (non-hydrogen) atoms. The molecule has 0 aromatic rings. The van der Waals surface area contributed by atoms with Gasteiger partial charge in [0.2, 0.25) is 0 Å². The number of nitrogens with zero attached hydrogens (tertiary/aromatic N) is 1. The van der Waals surface area contributed by atoms with Gasteiger partial charge in [0.1, 0.15) is 0 Å². The van der Waals surface area contributed by atoms with Gasteiger partial charge in [-0.1, -0.05) is 0 Å². The molecule has 1 N–H and O–H groups in total. The van der Waals surface area contributed by atoms with E-state index in [1.54, 1.807) is 13.3 Å². The Morgan fingerprint density at radius 1 is 0.968 bits per heavy atom. The van der Waals surface area contributed by atoms with Crippen molar-refractivity contribution in [2.45, 2.75) is 128 Å². The van der Waals surface area contributed by atoms with Crippen LogP contribution in [0, 0.1) is 5.92 Å². The van der Waals surface area contributed by atoms with Crippen molar-refractivity contribution in [2.75, 3.05) is 20.1 Å². The number of piperidine rings is 1. The summed E-state index contributed by atoms with van der Waals surface area (Å²) in [5.41, 5.74) is 0. The number of ether oxygens (including phenoxy) is 1. The Bertz CT molecular complexity index is 452. The van der Waals surface area contributed by atoms with Gasteiger partial charge in [-0.3, -0.25) is 0 Å². The van der Waals surface area contributed by atoms with Crippen molar-refractivity contribution in [1.82, 2.24) is 4.90 Å². The van der Waals surface area contributed by atoms with Crippen LogP contribution in [0.5, 0.6) is 0 Å². The Balaban J connectivity index is 2.61. The first-order valence-corrected chi connectivity index (χ1v) is 21.5. The summed E-state index contributed by atoms with van der Waals surface area (Å²) in [6.07, 6.45) is 12.4. The second-order valence-electron chi connectivity index (χ2n) is 10.2. The molecule has 0 radical (unpaired) electrons. The first-order chi connectivity index (χ1) is 14.9. The molecule has 0 spiro atoms. The van der Waals surface area contributed by atoms with E-state index in [9.17, 15) is 9.90 Å². The van der Waals surface area contributed by atoms with Gasteiger partial charge in [-0.15, -0.1) is 0 Å². The molecular formula is C26H53NO3Sn. The molecule has 1 rings (SSSR count). The number of esters is 1. The van der Waals surface area contributed by atoms with Gasteiger partial charge in [0.15, 0.2) is 0 Å². The summed E-state index contributed by atoms with van der Waals surface area (Å²) >= 11 is -2.05. The molecular weight excluding hydrogens is 493 g/mol. The first-order valence-electron chi connectivity index (χ1n) is 13.5. The molecule has 5 heteroatoms. The number of hydrogen-bond donors (Lipinski definition) is 1. The van der Waals surface area contributed by atoms with Gasteiger partial charge < -0.3 is 0 Å². The normalized spacial score (nSPS) is 21.2. The molecule has 1 heterocycles. The van der Waals surface area contributed by atoms with E-state index in [1.165, 1.54) is 49.4 Å². The van der Waals surface area contributed by atoms with Crippen LogP contribution in [0.3, 0.4) is 0 Å². The number of likely N-dealkylation sites (tertiary alicyclic amines) is 1. The van der Waals surface area contributed by atoms with E-state index in [-0.39, 0.29) is 24.1 Å². The number of rotatable bonds is 17. The van der Waals surface area contributed by atoms with Crippen LogP contribution in [0.25, 0.3) is 0 Å². The van der Waals surface area contributed by atoms with E-state index in [2.05, 4.69) is 32.7 Å². The average Bonchev–Trinajstić information content (AvgIpc) is 2.78. The molecule has 0 saturated carbocycles. The fraction of sp³-hybridized carbons (Fsp3) is 0.962. The van der Waals surface area contributed by atoms with Crippen molar-refractivity contribution in [3.63, 3.8) is 0 Å². The maximum absolute atomic E-state index is 11.8. The molecule has 184 valence electrons. The predicted octanol–water partition coefficient (Wildman–Crippen LogP) is 6.64. The van der Waals surface area contributed by atoms with Crippen LogP contribution in [0.15, 0.2) is 0 Å². The number of unbranched alkanes of at least 4 members (excludes halogenated alkanes) is 4. The van der Waals surface area contributed by atoms with Crippen molar-refractivity contribution in [1.29, 1.82) is 0 Å². The van der Waals surface area contributed by atoms with Crippen LogP contribution in [-0.2, 0) is 9.53 Å². The summed E-state index contributed by atoms with van der Waals surface area (Å²) in [6.45, 7) is 10.6. The molecule has 0 aromatic heterocycles. The number of aliphatic hydroxyl groups is 1. The molecule has 0 aromatic carbocycles. The van der Waals surface area contributed by atoms with Gasteiger partial charge in [0, 0.05) is 0 Å². The summed E-state index contributed by atoms with van der Waals surface area (Å²) in [6, 6.07) is 0. The third-order valence-electron chi connectivity index (χ3n) is 7.50. The van der Waals surface area contributed by atoms with Gasteiger partial charge in [0.25, 0.3) is 0 Å². The van der Waals surface area contributed by atoms with Gasteiger partial charge in [-0.05, 0) is 0 Å². The molecule has 1 aliphatic rings. The molecule has 1 fully saturated rings. The Morgan fingerprint density at radius 2 is 1.52 bits per heavy atom. The van der Waals surface area contributed by atoms with E-state index < -0.39 is 18.4 Å². The van der Waals surface area contributed by atoms with E-state index >= 15 is 0 Å². The Kier molecular flexibility index (Phi) is 15.8. The van der Waals surface area contributed by atoms with Crippen molar-refractivity contribution in [3.8, 4) is 0 Å².